The molecule has 1 heterocycles. The van der Waals surface area contributed by atoms with Gasteiger partial charge in [0, 0.05) is 16.5 Å². The minimum Gasteiger partial charge on any atom is -0.296 e. The Kier molecular flexibility index (Phi) is 7.02. The van der Waals surface area contributed by atoms with Crippen molar-refractivity contribution in [1.82, 2.24) is 10.2 Å². The van der Waals surface area contributed by atoms with Crippen LogP contribution in [0.4, 0.5) is 10.8 Å². The highest BCUT2D eigenvalue weighted by Gasteiger charge is 2.21. The number of anilines is 2. The monoisotopic (exact) mass is 482 g/mol. The number of nitrogens with zero attached hydrogens (tertiary/aromatic N) is 2. The molecule has 0 atom stereocenters. The Morgan fingerprint density at radius 3 is 2.63 bits per heavy atom. The Balaban J connectivity index is 1.81. The van der Waals surface area contributed by atoms with Crippen LogP contribution in [0.1, 0.15) is 29.8 Å². The van der Waals surface area contributed by atoms with Crippen molar-refractivity contribution in [2.24, 2.45) is 0 Å². The van der Waals surface area contributed by atoms with Gasteiger partial charge in [-0.15, -0.1) is 10.2 Å². The number of carbonyl (C=O) groups is 1. The maximum Gasteiger partial charge on any atom is 0.263 e. The fraction of sp³-hybridized carbons (Fsp3) is 0.211. The molecule has 2 N–H and O–H groups in total. The van der Waals surface area contributed by atoms with Crippen molar-refractivity contribution in [2.45, 2.75) is 35.3 Å². The number of aryl methyl sites for hydroxylation is 1. The van der Waals surface area contributed by atoms with Crippen LogP contribution in [0.3, 0.4) is 0 Å². The molecule has 0 saturated heterocycles. The van der Waals surface area contributed by atoms with Crippen molar-refractivity contribution in [2.75, 3.05) is 10.0 Å². The highest BCUT2D eigenvalue weighted by molar-refractivity contribution is 8.01. The highest BCUT2D eigenvalue weighted by atomic mass is 35.5. The van der Waals surface area contributed by atoms with Crippen molar-refractivity contribution in [3.05, 3.63) is 58.6 Å². The van der Waals surface area contributed by atoms with Gasteiger partial charge in [0.15, 0.2) is 4.34 Å². The van der Waals surface area contributed by atoms with E-state index in [1.54, 1.807) is 30.0 Å². The number of nitrogens with one attached hydrogen (secondary N) is 2. The summed E-state index contributed by atoms with van der Waals surface area (Å²) >= 11 is 8.91. The van der Waals surface area contributed by atoms with Gasteiger partial charge in [0.05, 0.1) is 5.02 Å². The quantitative estimate of drug-likeness (QED) is 0.361. The van der Waals surface area contributed by atoms with E-state index in [0.717, 1.165) is 9.90 Å². The van der Waals surface area contributed by atoms with E-state index in [1.807, 2.05) is 26.8 Å². The van der Waals surface area contributed by atoms with Crippen LogP contribution in [-0.4, -0.2) is 29.8 Å². The first-order valence-corrected chi connectivity index (χ1v) is 12.4. The molecule has 0 saturated carbocycles. The Morgan fingerprint density at radius 1 is 1.17 bits per heavy atom. The lowest BCUT2D eigenvalue weighted by Gasteiger charge is -2.11. The first-order valence-electron chi connectivity index (χ1n) is 8.84. The predicted octanol–water partition coefficient (Wildman–Crippen LogP) is 5.05. The second-order valence-corrected chi connectivity index (χ2v) is 11.5. The molecule has 11 heteroatoms. The summed E-state index contributed by atoms with van der Waals surface area (Å²) in [6.07, 6.45) is 0. The summed E-state index contributed by atoms with van der Waals surface area (Å²) in [5, 5.41) is 11.3. The van der Waals surface area contributed by atoms with Crippen LogP contribution in [-0.2, 0) is 10.0 Å². The van der Waals surface area contributed by atoms with E-state index in [1.165, 1.54) is 29.5 Å². The van der Waals surface area contributed by atoms with Crippen molar-refractivity contribution in [3.63, 3.8) is 0 Å². The van der Waals surface area contributed by atoms with Gasteiger partial charge in [-0.2, -0.15) is 0 Å². The molecular weight excluding hydrogens is 464 g/mol. The van der Waals surface area contributed by atoms with Gasteiger partial charge >= 0.3 is 0 Å². The van der Waals surface area contributed by atoms with Crippen molar-refractivity contribution in [1.29, 1.82) is 0 Å². The van der Waals surface area contributed by atoms with Crippen LogP contribution in [0, 0.1) is 6.92 Å². The number of thioether (sulfide) groups is 1. The summed E-state index contributed by atoms with van der Waals surface area (Å²) in [6, 6.07) is 11.0. The molecule has 0 aliphatic rings. The number of benzene rings is 2. The van der Waals surface area contributed by atoms with E-state index in [-0.39, 0.29) is 15.5 Å². The summed E-state index contributed by atoms with van der Waals surface area (Å²) in [5.74, 6) is -0.504. The van der Waals surface area contributed by atoms with E-state index in [2.05, 4.69) is 20.2 Å². The molecule has 0 unspecified atom stereocenters. The molecule has 30 heavy (non-hydrogen) atoms. The second-order valence-electron chi connectivity index (χ2n) is 6.61. The Hall–Kier alpha value is -2.14. The number of amides is 1. The second kappa shape index (κ2) is 9.34. The molecule has 0 spiro atoms. The molecule has 0 bridgehead atoms. The summed E-state index contributed by atoms with van der Waals surface area (Å²) in [5.41, 5.74) is 1.45. The zero-order chi connectivity index (χ0) is 21.9. The third-order valence-electron chi connectivity index (χ3n) is 3.72. The minimum atomic E-state index is -3.99. The molecule has 0 radical (unpaired) electrons. The minimum absolute atomic E-state index is 0.0123. The lowest BCUT2D eigenvalue weighted by molar-refractivity contribution is 0.102. The van der Waals surface area contributed by atoms with Crippen LogP contribution in [0.5, 0.6) is 0 Å². The van der Waals surface area contributed by atoms with Gasteiger partial charge < -0.3 is 0 Å². The number of hydrogen-bond acceptors (Lipinski definition) is 7. The summed E-state index contributed by atoms with van der Waals surface area (Å²) in [4.78, 5) is 12.4. The molecule has 1 amide bonds. The Morgan fingerprint density at radius 2 is 1.93 bits per heavy atom. The van der Waals surface area contributed by atoms with Gasteiger partial charge in [0.1, 0.15) is 4.90 Å². The van der Waals surface area contributed by atoms with E-state index in [4.69, 9.17) is 11.6 Å². The first-order chi connectivity index (χ1) is 14.1. The summed E-state index contributed by atoms with van der Waals surface area (Å²) < 4.78 is 28.9. The predicted molar refractivity (Wildman–Crippen MR) is 122 cm³/mol. The maximum absolute atomic E-state index is 12.8. The highest BCUT2D eigenvalue weighted by Crippen LogP contribution is 2.29. The number of hydrogen-bond donors (Lipinski definition) is 2. The number of sulfonamides is 1. The number of aromatic nitrogens is 2. The zero-order valence-electron chi connectivity index (χ0n) is 16.3. The van der Waals surface area contributed by atoms with Crippen molar-refractivity contribution in [3.8, 4) is 0 Å². The fourth-order valence-corrected chi connectivity index (χ4v) is 5.99. The SMILES string of the molecule is Cc1cccc(NS(=O)(=O)c2cc(C(=O)Nc3nnc(SC(C)C)s3)ccc2Cl)c1. The van der Waals surface area contributed by atoms with Crippen LogP contribution in [0.25, 0.3) is 0 Å². The molecule has 3 aromatic rings. The van der Waals surface area contributed by atoms with Gasteiger partial charge in [0.25, 0.3) is 15.9 Å². The van der Waals surface area contributed by atoms with Crippen molar-refractivity contribution >= 4 is 61.4 Å². The average molecular weight is 483 g/mol. The lowest BCUT2D eigenvalue weighted by atomic mass is 10.2. The third kappa shape index (κ3) is 5.72. The van der Waals surface area contributed by atoms with E-state index in [9.17, 15) is 13.2 Å². The molecule has 0 aliphatic heterocycles. The zero-order valence-corrected chi connectivity index (χ0v) is 19.5. The first kappa shape index (κ1) is 22.5. The van der Waals surface area contributed by atoms with Crippen LogP contribution >= 0.6 is 34.7 Å². The topological polar surface area (TPSA) is 101 Å². The van der Waals surface area contributed by atoms with Gasteiger partial charge in [-0.3, -0.25) is 14.8 Å². The molecule has 1 aromatic heterocycles. The molecule has 3 rings (SSSR count). The van der Waals surface area contributed by atoms with E-state index in [0.29, 0.717) is 16.1 Å². The Labute approximate surface area is 188 Å². The lowest BCUT2D eigenvalue weighted by Crippen LogP contribution is -2.16. The standard InChI is InChI=1S/C19H19ClN4O3S3/c1-11(2)28-19-23-22-18(29-19)21-17(25)13-7-8-15(20)16(10-13)30(26,27)24-14-6-4-5-12(3)9-14/h4-11,24H,1-3H3,(H,21,22,25). The van der Waals surface area contributed by atoms with Crippen LogP contribution in [0.15, 0.2) is 51.7 Å². The summed E-state index contributed by atoms with van der Waals surface area (Å²) in [7, 11) is -3.99. The van der Waals surface area contributed by atoms with E-state index >= 15 is 0 Å². The smallest absolute Gasteiger partial charge is 0.263 e. The van der Waals surface area contributed by atoms with Crippen LogP contribution < -0.4 is 10.0 Å². The molecule has 0 fully saturated rings. The van der Waals surface area contributed by atoms with Gasteiger partial charge in [0.2, 0.25) is 5.13 Å². The Bertz CT molecular complexity index is 1180. The summed E-state index contributed by atoms with van der Waals surface area (Å²) in [6.45, 7) is 5.92. The van der Waals surface area contributed by atoms with E-state index < -0.39 is 15.9 Å². The fourth-order valence-electron chi connectivity index (χ4n) is 2.45. The van der Waals surface area contributed by atoms with Crippen molar-refractivity contribution < 1.29 is 13.2 Å². The van der Waals surface area contributed by atoms with Gasteiger partial charge in [-0.25, -0.2) is 8.42 Å². The molecule has 0 aliphatic carbocycles. The van der Waals surface area contributed by atoms with Crippen LogP contribution in [0.2, 0.25) is 5.02 Å². The normalized spacial score (nSPS) is 11.5. The van der Waals surface area contributed by atoms with Gasteiger partial charge in [-0.05, 0) is 42.8 Å². The number of rotatable bonds is 7. The molecule has 7 nitrogen and oxygen atoms in total. The molecule has 2 aromatic carbocycles. The maximum atomic E-state index is 12.8. The largest absolute Gasteiger partial charge is 0.296 e. The number of carbonyl (C=O) groups excluding carboxylic acids is 1. The van der Waals surface area contributed by atoms with Gasteiger partial charge in [-0.1, -0.05) is 60.7 Å². The number of halogens is 1. The molecular formula is C19H19ClN4O3S3. The third-order valence-corrected chi connectivity index (χ3v) is 7.51. The molecule has 158 valence electrons. The average Bonchev–Trinajstić information content (AvgIpc) is 3.07.